The van der Waals surface area contributed by atoms with Gasteiger partial charge >= 0.3 is 0 Å². The first kappa shape index (κ1) is 15.7. The fourth-order valence-electron chi connectivity index (χ4n) is 2.93. The number of nitrogens with two attached hydrogens (primary N) is 1. The SMILES string of the molecule is COC1(C)CCCN(C(CN)c2cccc(Cl)c2F)C1. The van der Waals surface area contributed by atoms with E-state index in [1.165, 1.54) is 0 Å². The average Bonchev–Trinajstić information content (AvgIpc) is 2.44. The Balaban J connectivity index is 2.26. The first-order chi connectivity index (χ1) is 9.50. The lowest BCUT2D eigenvalue weighted by Gasteiger charge is -2.43. The van der Waals surface area contributed by atoms with E-state index < -0.39 is 0 Å². The second kappa shape index (κ2) is 6.39. The predicted molar refractivity (Wildman–Crippen MR) is 79.4 cm³/mol. The summed E-state index contributed by atoms with van der Waals surface area (Å²) in [6, 6.07) is 4.92. The van der Waals surface area contributed by atoms with E-state index in [0.29, 0.717) is 12.1 Å². The van der Waals surface area contributed by atoms with E-state index in [2.05, 4.69) is 11.8 Å². The van der Waals surface area contributed by atoms with Crippen LogP contribution in [0.4, 0.5) is 4.39 Å². The maximum Gasteiger partial charge on any atom is 0.146 e. The quantitative estimate of drug-likeness (QED) is 0.929. The van der Waals surface area contributed by atoms with E-state index in [9.17, 15) is 4.39 Å². The van der Waals surface area contributed by atoms with Crippen molar-refractivity contribution < 1.29 is 9.13 Å². The standard InChI is InChI=1S/C15H22ClFN2O/c1-15(20-2)7-4-8-19(10-15)13(9-18)11-5-3-6-12(16)14(11)17/h3,5-6,13H,4,7-10,18H2,1-2H3. The zero-order chi connectivity index (χ0) is 14.8. The molecule has 2 N–H and O–H groups in total. The largest absolute Gasteiger partial charge is 0.377 e. The van der Waals surface area contributed by atoms with E-state index in [1.807, 2.05) is 0 Å². The fraction of sp³-hybridized carbons (Fsp3) is 0.600. The smallest absolute Gasteiger partial charge is 0.146 e. The Hall–Kier alpha value is -0.680. The predicted octanol–water partition coefficient (Wildman–Crippen LogP) is 2.98. The molecule has 1 aliphatic rings. The molecule has 0 spiro atoms. The Morgan fingerprint density at radius 1 is 1.55 bits per heavy atom. The Labute approximate surface area is 124 Å². The van der Waals surface area contributed by atoms with Crippen molar-refractivity contribution in [1.82, 2.24) is 4.90 Å². The summed E-state index contributed by atoms with van der Waals surface area (Å²) in [5, 5.41) is 0.146. The minimum Gasteiger partial charge on any atom is -0.377 e. The molecular weight excluding hydrogens is 279 g/mol. The Kier molecular flexibility index (Phi) is 5.02. The zero-order valence-electron chi connectivity index (χ0n) is 12.0. The average molecular weight is 301 g/mol. The molecule has 2 atom stereocenters. The number of rotatable bonds is 4. The van der Waals surface area contributed by atoms with Gasteiger partial charge in [-0.1, -0.05) is 23.7 Å². The molecule has 5 heteroatoms. The number of halogens is 2. The molecule has 1 aromatic rings. The first-order valence-corrected chi connectivity index (χ1v) is 7.32. The maximum atomic E-state index is 14.2. The van der Waals surface area contributed by atoms with E-state index in [-0.39, 0.29) is 22.5 Å². The van der Waals surface area contributed by atoms with Crippen molar-refractivity contribution >= 4 is 11.6 Å². The van der Waals surface area contributed by atoms with Gasteiger partial charge in [-0.3, -0.25) is 4.90 Å². The highest BCUT2D eigenvalue weighted by molar-refractivity contribution is 6.30. The number of ether oxygens (including phenoxy) is 1. The number of hydrogen-bond acceptors (Lipinski definition) is 3. The van der Waals surface area contributed by atoms with E-state index in [0.717, 1.165) is 25.9 Å². The molecule has 1 saturated heterocycles. The lowest BCUT2D eigenvalue weighted by molar-refractivity contribution is -0.0611. The third-order valence-electron chi connectivity index (χ3n) is 4.19. The molecule has 1 aliphatic heterocycles. The number of benzene rings is 1. The number of methoxy groups -OCH3 is 1. The van der Waals surface area contributed by atoms with E-state index in [4.69, 9.17) is 22.1 Å². The molecule has 20 heavy (non-hydrogen) atoms. The van der Waals surface area contributed by atoms with Crippen LogP contribution in [0, 0.1) is 5.82 Å². The summed E-state index contributed by atoms with van der Waals surface area (Å²) in [7, 11) is 1.72. The van der Waals surface area contributed by atoms with Gasteiger partial charge in [0.2, 0.25) is 0 Å². The highest BCUT2D eigenvalue weighted by Crippen LogP contribution is 2.32. The van der Waals surface area contributed by atoms with Crippen molar-refractivity contribution in [3.63, 3.8) is 0 Å². The van der Waals surface area contributed by atoms with Gasteiger partial charge in [0.1, 0.15) is 5.82 Å². The summed E-state index contributed by atoms with van der Waals surface area (Å²) < 4.78 is 19.8. The van der Waals surface area contributed by atoms with Crippen LogP contribution in [0.3, 0.4) is 0 Å². The summed E-state index contributed by atoms with van der Waals surface area (Å²) in [6.45, 7) is 4.09. The molecular formula is C15H22ClFN2O. The van der Waals surface area contributed by atoms with Gasteiger partial charge < -0.3 is 10.5 Å². The van der Waals surface area contributed by atoms with E-state index >= 15 is 0 Å². The maximum absolute atomic E-state index is 14.2. The second-order valence-corrected chi connectivity index (χ2v) is 6.03. The third-order valence-corrected chi connectivity index (χ3v) is 4.48. The highest BCUT2D eigenvalue weighted by atomic mass is 35.5. The van der Waals surface area contributed by atoms with Crippen LogP contribution in [-0.4, -0.2) is 37.2 Å². The summed E-state index contributed by atoms with van der Waals surface area (Å²) in [5.74, 6) is -0.366. The minimum atomic E-state index is -0.366. The topological polar surface area (TPSA) is 38.5 Å². The van der Waals surface area contributed by atoms with Crippen molar-refractivity contribution in [2.45, 2.75) is 31.4 Å². The molecule has 0 saturated carbocycles. The van der Waals surface area contributed by atoms with Crippen LogP contribution in [0.2, 0.25) is 5.02 Å². The van der Waals surface area contributed by atoms with Gasteiger partial charge in [0.15, 0.2) is 0 Å². The first-order valence-electron chi connectivity index (χ1n) is 6.94. The number of hydrogen-bond donors (Lipinski definition) is 1. The van der Waals surface area contributed by atoms with Gasteiger partial charge in [0.25, 0.3) is 0 Å². The monoisotopic (exact) mass is 300 g/mol. The highest BCUT2D eigenvalue weighted by Gasteiger charge is 2.34. The lowest BCUT2D eigenvalue weighted by atomic mass is 9.92. The third kappa shape index (κ3) is 3.14. The van der Waals surface area contributed by atoms with Gasteiger partial charge in [-0.05, 0) is 32.4 Å². The van der Waals surface area contributed by atoms with E-state index in [1.54, 1.807) is 25.3 Å². The number of nitrogens with zero attached hydrogens (tertiary/aromatic N) is 1. The van der Waals surface area contributed by atoms with Gasteiger partial charge in [0.05, 0.1) is 16.7 Å². The Bertz CT molecular complexity index is 471. The van der Waals surface area contributed by atoms with Gasteiger partial charge in [-0.2, -0.15) is 0 Å². The van der Waals surface area contributed by atoms with Crippen molar-refractivity contribution in [2.75, 3.05) is 26.7 Å². The zero-order valence-corrected chi connectivity index (χ0v) is 12.8. The molecule has 3 nitrogen and oxygen atoms in total. The van der Waals surface area contributed by atoms with Crippen LogP contribution in [0.25, 0.3) is 0 Å². The van der Waals surface area contributed by atoms with Crippen molar-refractivity contribution in [1.29, 1.82) is 0 Å². The number of likely N-dealkylation sites (tertiary alicyclic amines) is 1. The summed E-state index contributed by atoms with van der Waals surface area (Å²) in [4.78, 5) is 2.20. The van der Waals surface area contributed by atoms with Crippen LogP contribution >= 0.6 is 11.6 Å². The van der Waals surface area contributed by atoms with Crippen LogP contribution in [0.1, 0.15) is 31.4 Å². The molecule has 0 bridgehead atoms. The lowest BCUT2D eigenvalue weighted by Crippen LogP contribution is -2.50. The Morgan fingerprint density at radius 2 is 2.30 bits per heavy atom. The van der Waals surface area contributed by atoms with Gasteiger partial charge in [-0.25, -0.2) is 4.39 Å². The van der Waals surface area contributed by atoms with Crippen LogP contribution in [0.5, 0.6) is 0 Å². The summed E-state index contributed by atoms with van der Waals surface area (Å²) >= 11 is 5.88. The molecule has 2 rings (SSSR count). The minimum absolute atomic E-state index is 0.146. The molecule has 0 radical (unpaired) electrons. The fourth-order valence-corrected chi connectivity index (χ4v) is 3.11. The van der Waals surface area contributed by atoms with Crippen LogP contribution in [0.15, 0.2) is 18.2 Å². The number of piperidine rings is 1. The van der Waals surface area contributed by atoms with Crippen molar-refractivity contribution in [3.8, 4) is 0 Å². The molecule has 0 aromatic heterocycles. The summed E-state index contributed by atoms with van der Waals surface area (Å²) in [6.07, 6.45) is 2.03. The molecule has 112 valence electrons. The molecule has 0 aliphatic carbocycles. The van der Waals surface area contributed by atoms with Gasteiger partial charge in [0, 0.05) is 25.8 Å². The molecule has 1 heterocycles. The summed E-state index contributed by atoms with van der Waals surface area (Å²) in [5.41, 5.74) is 6.27. The second-order valence-electron chi connectivity index (χ2n) is 5.62. The molecule has 1 aromatic carbocycles. The van der Waals surface area contributed by atoms with Crippen LogP contribution < -0.4 is 5.73 Å². The van der Waals surface area contributed by atoms with Crippen molar-refractivity contribution in [3.05, 3.63) is 34.6 Å². The Morgan fingerprint density at radius 3 is 2.95 bits per heavy atom. The van der Waals surface area contributed by atoms with Crippen molar-refractivity contribution in [2.24, 2.45) is 5.73 Å². The molecule has 2 unspecified atom stereocenters. The van der Waals surface area contributed by atoms with Gasteiger partial charge in [-0.15, -0.1) is 0 Å². The van der Waals surface area contributed by atoms with Crippen LogP contribution in [-0.2, 0) is 4.74 Å². The molecule has 0 amide bonds. The molecule has 1 fully saturated rings. The normalized spacial score (nSPS) is 25.6.